The van der Waals surface area contributed by atoms with E-state index in [0.29, 0.717) is 6.54 Å². The Morgan fingerprint density at radius 1 is 1.20 bits per heavy atom. The van der Waals surface area contributed by atoms with Crippen molar-refractivity contribution in [1.29, 1.82) is 0 Å². The van der Waals surface area contributed by atoms with Crippen LogP contribution in [-0.4, -0.2) is 15.1 Å². The Morgan fingerprint density at radius 3 is 2.55 bits per heavy atom. The Bertz CT molecular complexity index is 608. The van der Waals surface area contributed by atoms with Crippen LogP contribution >= 0.6 is 15.9 Å². The van der Waals surface area contributed by atoms with Gasteiger partial charge in [-0.25, -0.2) is 9.97 Å². The number of phenolic OH excluding ortho intramolecular Hbond substituents is 1. The van der Waals surface area contributed by atoms with Crippen molar-refractivity contribution >= 4 is 21.7 Å². The standard InChI is InChI=1S/C15H18BrN3O/c1-15(2,3)14-18-12(16)8-13(19-14)17-9-10-6-4-5-7-11(10)20/h4-8,20H,9H2,1-3H3,(H,17,18,19). The van der Waals surface area contributed by atoms with Gasteiger partial charge in [0, 0.05) is 23.6 Å². The van der Waals surface area contributed by atoms with Gasteiger partial charge in [0.2, 0.25) is 0 Å². The minimum atomic E-state index is -0.116. The zero-order valence-electron chi connectivity index (χ0n) is 11.8. The molecule has 0 saturated carbocycles. The molecule has 1 aromatic heterocycles. The molecule has 0 bridgehead atoms. The molecule has 0 atom stereocenters. The highest BCUT2D eigenvalue weighted by molar-refractivity contribution is 9.10. The van der Waals surface area contributed by atoms with E-state index < -0.39 is 0 Å². The predicted molar refractivity (Wildman–Crippen MR) is 83.9 cm³/mol. The van der Waals surface area contributed by atoms with Gasteiger partial charge in [0.15, 0.2) is 0 Å². The second-order valence-corrected chi connectivity index (χ2v) is 6.44. The topological polar surface area (TPSA) is 58.0 Å². The average molecular weight is 336 g/mol. The van der Waals surface area contributed by atoms with Crippen molar-refractivity contribution < 1.29 is 5.11 Å². The molecule has 20 heavy (non-hydrogen) atoms. The van der Waals surface area contributed by atoms with Crippen LogP contribution in [0.1, 0.15) is 32.2 Å². The first-order valence-corrected chi connectivity index (χ1v) is 7.21. The maximum atomic E-state index is 9.74. The van der Waals surface area contributed by atoms with Crippen LogP contribution < -0.4 is 5.32 Å². The van der Waals surface area contributed by atoms with Crippen LogP contribution in [-0.2, 0) is 12.0 Å². The molecule has 0 aliphatic carbocycles. The van der Waals surface area contributed by atoms with Crippen molar-refractivity contribution in [3.05, 3.63) is 46.3 Å². The monoisotopic (exact) mass is 335 g/mol. The Kier molecular flexibility index (Phi) is 4.28. The number of hydrogen-bond acceptors (Lipinski definition) is 4. The van der Waals surface area contributed by atoms with E-state index in [4.69, 9.17) is 0 Å². The van der Waals surface area contributed by atoms with Crippen molar-refractivity contribution in [2.75, 3.05) is 5.32 Å². The summed E-state index contributed by atoms with van der Waals surface area (Å²) in [6.07, 6.45) is 0. The number of benzene rings is 1. The molecule has 0 aliphatic heterocycles. The van der Waals surface area contributed by atoms with Crippen LogP contribution in [0.3, 0.4) is 0 Å². The Balaban J connectivity index is 2.18. The zero-order valence-corrected chi connectivity index (χ0v) is 13.4. The number of aromatic hydroxyl groups is 1. The summed E-state index contributed by atoms with van der Waals surface area (Å²) < 4.78 is 0.747. The molecule has 106 valence electrons. The molecule has 2 N–H and O–H groups in total. The summed E-state index contributed by atoms with van der Waals surface area (Å²) in [6.45, 7) is 6.73. The molecule has 0 unspecified atom stereocenters. The normalized spacial score (nSPS) is 11.4. The summed E-state index contributed by atoms with van der Waals surface area (Å²) in [4.78, 5) is 8.91. The number of anilines is 1. The summed E-state index contributed by atoms with van der Waals surface area (Å²) in [7, 11) is 0. The predicted octanol–water partition coefficient (Wildman–Crippen LogP) is 3.85. The minimum Gasteiger partial charge on any atom is -0.508 e. The van der Waals surface area contributed by atoms with E-state index in [0.717, 1.165) is 21.8 Å². The van der Waals surface area contributed by atoms with Crippen molar-refractivity contribution in [1.82, 2.24) is 9.97 Å². The molecule has 0 radical (unpaired) electrons. The molecule has 1 aromatic carbocycles. The third kappa shape index (κ3) is 3.70. The fourth-order valence-corrected chi connectivity index (χ4v) is 2.07. The van der Waals surface area contributed by atoms with Crippen LogP contribution in [0, 0.1) is 0 Å². The maximum absolute atomic E-state index is 9.74. The van der Waals surface area contributed by atoms with Gasteiger partial charge >= 0.3 is 0 Å². The third-order valence-corrected chi connectivity index (χ3v) is 3.22. The van der Waals surface area contributed by atoms with E-state index in [1.165, 1.54) is 0 Å². The lowest BCUT2D eigenvalue weighted by Crippen LogP contribution is -2.17. The molecule has 2 aromatic rings. The number of phenols is 1. The summed E-state index contributed by atoms with van der Waals surface area (Å²) >= 11 is 3.41. The molecule has 0 fully saturated rings. The number of aromatic nitrogens is 2. The van der Waals surface area contributed by atoms with Crippen LogP contribution in [0.25, 0.3) is 0 Å². The van der Waals surface area contributed by atoms with E-state index in [1.807, 2.05) is 18.2 Å². The van der Waals surface area contributed by atoms with Crippen molar-refractivity contribution in [2.24, 2.45) is 0 Å². The van der Waals surface area contributed by atoms with Gasteiger partial charge in [0.1, 0.15) is 22.0 Å². The molecule has 1 heterocycles. The number of nitrogens with zero attached hydrogens (tertiary/aromatic N) is 2. The van der Waals surface area contributed by atoms with Gasteiger partial charge < -0.3 is 10.4 Å². The fraction of sp³-hybridized carbons (Fsp3) is 0.333. The van der Waals surface area contributed by atoms with Gasteiger partial charge in [-0.2, -0.15) is 0 Å². The summed E-state index contributed by atoms with van der Waals surface area (Å²) in [5, 5.41) is 13.0. The Hall–Kier alpha value is -1.62. The van der Waals surface area contributed by atoms with Gasteiger partial charge in [0.25, 0.3) is 0 Å². The first kappa shape index (κ1) is 14.8. The van der Waals surface area contributed by atoms with Crippen LogP contribution in [0.15, 0.2) is 34.9 Å². The van der Waals surface area contributed by atoms with E-state index in [1.54, 1.807) is 12.1 Å². The quantitative estimate of drug-likeness (QED) is 0.836. The number of para-hydroxylation sites is 1. The van der Waals surface area contributed by atoms with E-state index in [-0.39, 0.29) is 11.2 Å². The molecule has 0 amide bonds. The summed E-state index contributed by atoms with van der Waals surface area (Å²) in [5.74, 6) is 1.79. The van der Waals surface area contributed by atoms with Crippen molar-refractivity contribution in [3.63, 3.8) is 0 Å². The highest BCUT2D eigenvalue weighted by atomic mass is 79.9. The number of halogens is 1. The molecule has 0 spiro atoms. The SMILES string of the molecule is CC(C)(C)c1nc(Br)cc(NCc2ccccc2O)n1. The Morgan fingerprint density at radius 2 is 1.90 bits per heavy atom. The van der Waals surface area contributed by atoms with Crippen LogP contribution in [0.2, 0.25) is 0 Å². The summed E-state index contributed by atoms with van der Waals surface area (Å²) in [5.41, 5.74) is 0.717. The minimum absolute atomic E-state index is 0.116. The second-order valence-electron chi connectivity index (χ2n) is 5.63. The smallest absolute Gasteiger partial charge is 0.137 e. The van der Waals surface area contributed by atoms with Crippen molar-refractivity contribution in [3.8, 4) is 5.75 Å². The lowest BCUT2D eigenvalue weighted by atomic mass is 9.96. The lowest BCUT2D eigenvalue weighted by Gasteiger charge is -2.18. The van der Waals surface area contributed by atoms with Crippen LogP contribution in [0.5, 0.6) is 5.75 Å². The third-order valence-electron chi connectivity index (χ3n) is 2.82. The summed E-state index contributed by atoms with van der Waals surface area (Å²) in [6, 6.07) is 9.08. The molecule has 5 heteroatoms. The molecule has 0 aliphatic rings. The molecule has 4 nitrogen and oxygen atoms in total. The molecule has 2 rings (SSSR count). The molecular formula is C15H18BrN3O. The first-order valence-electron chi connectivity index (χ1n) is 6.42. The van der Waals surface area contributed by atoms with Gasteiger partial charge in [0.05, 0.1) is 0 Å². The fourth-order valence-electron chi connectivity index (χ4n) is 1.69. The second kappa shape index (κ2) is 5.79. The van der Waals surface area contributed by atoms with Crippen molar-refractivity contribution in [2.45, 2.75) is 32.7 Å². The average Bonchev–Trinajstić information content (AvgIpc) is 2.36. The van der Waals surface area contributed by atoms with Gasteiger partial charge in [-0.3, -0.25) is 0 Å². The largest absolute Gasteiger partial charge is 0.508 e. The highest BCUT2D eigenvalue weighted by Gasteiger charge is 2.18. The van der Waals surface area contributed by atoms with E-state index in [2.05, 4.69) is 52.0 Å². The van der Waals surface area contributed by atoms with E-state index >= 15 is 0 Å². The maximum Gasteiger partial charge on any atom is 0.137 e. The number of rotatable bonds is 3. The van der Waals surface area contributed by atoms with Gasteiger partial charge in [-0.05, 0) is 22.0 Å². The first-order chi connectivity index (χ1) is 9.36. The molecule has 0 saturated heterocycles. The zero-order chi connectivity index (χ0) is 14.8. The molecular weight excluding hydrogens is 318 g/mol. The number of nitrogens with one attached hydrogen (secondary N) is 1. The van der Waals surface area contributed by atoms with Crippen LogP contribution in [0.4, 0.5) is 5.82 Å². The van der Waals surface area contributed by atoms with E-state index in [9.17, 15) is 5.11 Å². The highest BCUT2D eigenvalue weighted by Crippen LogP contribution is 2.23. The number of hydrogen-bond donors (Lipinski definition) is 2. The van der Waals surface area contributed by atoms with Gasteiger partial charge in [-0.1, -0.05) is 39.0 Å². The van der Waals surface area contributed by atoms with Gasteiger partial charge in [-0.15, -0.1) is 0 Å². The Labute approximate surface area is 127 Å². The lowest BCUT2D eigenvalue weighted by molar-refractivity contribution is 0.469.